The van der Waals surface area contributed by atoms with Crippen molar-refractivity contribution in [1.82, 2.24) is 14.5 Å². The molecule has 158 valence electrons. The molecular weight excluding hydrogens is 423 g/mol. The summed E-state index contributed by atoms with van der Waals surface area (Å²) < 4.78 is 7.71. The second-order valence-corrected chi connectivity index (χ2v) is 7.49. The van der Waals surface area contributed by atoms with Crippen LogP contribution in [0.1, 0.15) is 18.9 Å². The van der Waals surface area contributed by atoms with Gasteiger partial charge in [-0.15, -0.1) is 0 Å². The van der Waals surface area contributed by atoms with Crippen LogP contribution in [0.15, 0.2) is 61.2 Å². The molecular formula is C22H24Cl2N4O2. The largest absolute Gasteiger partial charge is 0.494 e. The lowest BCUT2D eigenvalue weighted by Crippen LogP contribution is -2.35. The Morgan fingerprint density at radius 3 is 2.77 bits per heavy atom. The molecule has 0 spiro atoms. The van der Waals surface area contributed by atoms with Gasteiger partial charge in [0.1, 0.15) is 5.75 Å². The fraction of sp³-hybridized carbons (Fsp3) is 0.273. The third-order valence-corrected chi connectivity index (χ3v) is 5.23. The van der Waals surface area contributed by atoms with Gasteiger partial charge in [-0.05, 0) is 37.6 Å². The summed E-state index contributed by atoms with van der Waals surface area (Å²) in [6.07, 6.45) is 6.20. The number of hydrogen-bond donors (Lipinski definition) is 1. The Kier molecular flexibility index (Phi) is 7.99. The zero-order valence-electron chi connectivity index (χ0n) is 16.7. The summed E-state index contributed by atoms with van der Waals surface area (Å²) in [4.78, 5) is 18.9. The molecule has 1 N–H and O–H groups in total. The lowest BCUT2D eigenvalue weighted by atomic mass is 10.2. The second-order valence-electron chi connectivity index (χ2n) is 6.68. The third kappa shape index (κ3) is 6.15. The number of para-hydroxylation sites is 1. The maximum absolute atomic E-state index is 13.1. The van der Waals surface area contributed by atoms with E-state index in [1.165, 1.54) is 0 Å². The van der Waals surface area contributed by atoms with Crippen molar-refractivity contribution in [3.05, 3.63) is 76.8 Å². The highest BCUT2D eigenvalue weighted by Gasteiger charge is 2.17. The van der Waals surface area contributed by atoms with Crippen LogP contribution in [-0.2, 0) is 13.1 Å². The average Bonchev–Trinajstić information content (AvgIpc) is 3.25. The second kappa shape index (κ2) is 10.9. The van der Waals surface area contributed by atoms with Crippen LogP contribution in [0.25, 0.3) is 0 Å². The van der Waals surface area contributed by atoms with E-state index >= 15 is 0 Å². The van der Waals surface area contributed by atoms with Gasteiger partial charge in [0.25, 0.3) is 0 Å². The van der Waals surface area contributed by atoms with Crippen molar-refractivity contribution < 1.29 is 9.53 Å². The number of halogens is 2. The number of ether oxygens (including phenoxy) is 1. The van der Waals surface area contributed by atoms with E-state index in [2.05, 4.69) is 10.3 Å². The standard InChI is InChI=1S/C22H24Cl2N4O2/c1-2-30-21-7-4-3-6-17(21)15-28(12-5-11-27-13-10-25-16-27)22(29)26-18-8-9-19(23)20(24)14-18/h3-4,6-10,13-14,16H,2,5,11-12,15H2,1H3,(H,26,29). The molecule has 3 aromatic rings. The molecule has 2 aromatic carbocycles. The van der Waals surface area contributed by atoms with Gasteiger partial charge < -0.3 is 19.5 Å². The summed E-state index contributed by atoms with van der Waals surface area (Å²) in [5, 5.41) is 3.74. The highest BCUT2D eigenvalue weighted by atomic mass is 35.5. The van der Waals surface area contributed by atoms with Gasteiger partial charge in [0.2, 0.25) is 0 Å². The summed E-state index contributed by atoms with van der Waals surface area (Å²) >= 11 is 12.1. The Morgan fingerprint density at radius 2 is 2.03 bits per heavy atom. The van der Waals surface area contributed by atoms with Crippen molar-refractivity contribution in [3.63, 3.8) is 0 Å². The van der Waals surface area contributed by atoms with Crippen LogP contribution in [0.5, 0.6) is 5.75 Å². The SMILES string of the molecule is CCOc1ccccc1CN(CCCn1ccnc1)C(=O)Nc1ccc(Cl)c(Cl)c1. The monoisotopic (exact) mass is 446 g/mol. The number of carbonyl (C=O) groups is 1. The molecule has 8 heteroatoms. The van der Waals surface area contributed by atoms with Crippen LogP contribution >= 0.6 is 23.2 Å². The molecule has 30 heavy (non-hydrogen) atoms. The first-order chi connectivity index (χ1) is 14.6. The van der Waals surface area contributed by atoms with Gasteiger partial charge in [-0.3, -0.25) is 0 Å². The molecule has 2 amide bonds. The summed E-state index contributed by atoms with van der Waals surface area (Å²) in [5.74, 6) is 0.780. The number of aryl methyl sites for hydroxylation is 1. The Balaban J connectivity index is 1.73. The Bertz CT molecular complexity index is 964. The lowest BCUT2D eigenvalue weighted by molar-refractivity contribution is 0.206. The highest BCUT2D eigenvalue weighted by Crippen LogP contribution is 2.26. The van der Waals surface area contributed by atoms with E-state index in [4.69, 9.17) is 27.9 Å². The van der Waals surface area contributed by atoms with Crippen molar-refractivity contribution in [2.45, 2.75) is 26.4 Å². The van der Waals surface area contributed by atoms with E-state index in [9.17, 15) is 4.79 Å². The summed E-state index contributed by atoms with van der Waals surface area (Å²) in [6.45, 7) is 4.26. The van der Waals surface area contributed by atoms with Crippen LogP contribution in [0.4, 0.5) is 10.5 Å². The molecule has 0 bridgehead atoms. The number of imidazole rings is 1. The number of hydrogen-bond acceptors (Lipinski definition) is 3. The van der Waals surface area contributed by atoms with Gasteiger partial charge >= 0.3 is 6.03 Å². The van der Waals surface area contributed by atoms with E-state index in [1.807, 2.05) is 42.0 Å². The smallest absolute Gasteiger partial charge is 0.322 e. The van der Waals surface area contributed by atoms with Crippen LogP contribution in [0.3, 0.4) is 0 Å². The number of aromatic nitrogens is 2. The Morgan fingerprint density at radius 1 is 1.20 bits per heavy atom. The molecule has 3 rings (SSSR count). The molecule has 0 radical (unpaired) electrons. The quantitative estimate of drug-likeness (QED) is 0.457. The highest BCUT2D eigenvalue weighted by molar-refractivity contribution is 6.42. The molecule has 6 nitrogen and oxygen atoms in total. The van der Waals surface area contributed by atoms with E-state index in [1.54, 1.807) is 35.6 Å². The predicted molar refractivity (Wildman–Crippen MR) is 120 cm³/mol. The first kappa shape index (κ1) is 22.0. The molecule has 0 aliphatic rings. The van der Waals surface area contributed by atoms with E-state index in [0.717, 1.165) is 24.3 Å². The number of carbonyl (C=O) groups excluding carboxylic acids is 1. The van der Waals surface area contributed by atoms with Crippen LogP contribution in [0, 0.1) is 0 Å². The minimum absolute atomic E-state index is 0.217. The van der Waals surface area contributed by atoms with Gasteiger partial charge in [0.15, 0.2) is 0 Å². The summed E-state index contributed by atoms with van der Waals surface area (Å²) in [5.41, 5.74) is 1.54. The maximum Gasteiger partial charge on any atom is 0.322 e. The van der Waals surface area contributed by atoms with Crippen LogP contribution < -0.4 is 10.1 Å². The number of nitrogens with one attached hydrogen (secondary N) is 1. The number of rotatable bonds is 9. The summed E-state index contributed by atoms with van der Waals surface area (Å²) in [7, 11) is 0. The molecule has 1 aromatic heterocycles. The van der Waals surface area contributed by atoms with Crippen molar-refractivity contribution in [1.29, 1.82) is 0 Å². The maximum atomic E-state index is 13.1. The van der Waals surface area contributed by atoms with Crippen molar-refractivity contribution in [2.24, 2.45) is 0 Å². The molecule has 0 saturated carbocycles. The third-order valence-electron chi connectivity index (χ3n) is 4.50. The zero-order chi connectivity index (χ0) is 21.3. The minimum atomic E-state index is -0.217. The molecule has 0 aliphatic carbocycles. The Labute approximate surface area is 186 Å². The molecule has 0 fully saturated rings. The molecule has 1 heterocycles. The van der Waals surface area contributed by atoms with E-state index < -0.39 is 0 Å². The number of anilines is 1. The zero-order valence-corrected chi connectivity index (χ0v) is 18.2. The van der Waals surface area contributed by atoms with Crippen LogP contribution in [-0.4, -0.2) is 33.6 Å². The van der Waals surface area contributed by atoms with Gasteiger partial charge in [-0.2, -0.15) is 0 Å². The van der Waals surface area contributed by atoms with Crippen LogP contribution in [0.2, 0.25) is 10.0 Å². The Hall–Kier alpha value is -2.70. The van der Waals surface area contributed by atoms with Crippen molar-refractivity contribution >= 4 is 34.9 Å². The minimum Gasteiger partial charge on any atom is -0.494 e. The topological polar surface area (TPSA) is 59.4 Å². The normalized spacial score (nSPS) is 10.6. The van der Waals surface area contributed by atoms with Crippen molar-refractivity contribution in [3.8, 4) is 5.75 Å². The summed E-state index contributed by atoms with van der Waals surface area (Å²) in [6, 6.07) is 12.6. The molecule has 0 aliphatic heterocycles. The fourth-order valence-corrected chi connectivity index (χ4v) is 3.33. The average molecular weight is 447 g/mol. The van der Waals surface area contributed by atoms with E-state index in [0.29, 0.717) is 35.4 Å². The van der Waals surface area contributed by atoms with Crippen molar-refractivity contribution in [2.75, 3.05) is 18.5 Å². The molecule has 0 atom stereocenters. The first-order valence-electron chi connectivity index (χ1n) is 9.74. The van der Waals surface area contributed by atoms with Gasteiger partial charge in [0, 0.05) is 36.7 Å². The van der Waals surface area contributed by atoms with Gasteiger partial charge in [-0.25, -0.2) is 9.78 Å². The van der Waals surface area contributed by atoms with Gasteiger partial charge in [0.05, 0.1) is 29.5 Å². The fourth-order valence-electron chi connectivity index (χ4n) is 3.03. The molecule has 0 saturated heterocycles. The first-order valence-corrected chi connectivity index (χ1v) is 10.5. The number of urea groups is 1. The van der Waals surface area contributed by atoms with Gasteiger partial charge in [-0.1, -0.05) is 41.4 Å². The van der Waals surface area contributed by atoms with E-state index in [-0.39, 0.29) is 6.03 Å². The number of benzene rings is 2. The lowest BCUT2D eigenvalue weighted by Gasteiger charge is -2.24. The number of amides is 2. The number of nitrogens with zero attached hydrogens (tertiary/aromatic N) is 3. The molecule has 0 unspecified atom stereocenters. The predicted octanol–water partition coefficient (Wildman–Crippen LogP) is 5.71.